The van der Waals surface area contributed by atoms with Crippen LogP contribution in [0.2, 0.25) is 0 Å². The fourth-order valence-electron chi connectivity index (χ4n) is 4.34. The van der Waals surface area contributed by atoms with Crippen molar-refractivity contribution in [3.05, 3.63) is 40.5 Å². The molecule has 2 atom stereocenters. The van der Waals surface area contributed by atoms with Gasteiger partial charge in [-0.15, -0.1) is 11.3 Å². The molecule has 2 aromatic rings. The number of hydrogen-bond donors (Lipinski definition) is 1. The van der Waals surface area contributed by atoms with Gasteiger partial charge in [0.25, 0.3) is 0 Å². The van der Waals surface area contributed by atoms with Gasteiger partial charge in [0.15, 0.2) is 0 Å². The second-order valence-electron chi connectivity index (χ2n) is 8.77. The van der Waals surface area contributed by atoms with Crippen molar-refractivity contribution in [1.82, 2.24) is 20.2 Å². The van der Waals surface area contributed by atoms with Crippen LogP contribution in [0, 0.1) is 11.8 Å². The first kappa shape index (κ1) is 22.2. The van der Waals surface area contributed by atoms with E-state index in [1.165, 1.54) is 5.56 Å². The van der Waals surface area contributed by atoms with Crippen LogP contribution in [0.5, 0.6) is 0 Å². The lowest BCUT2D eigenvalue weighted by atomic mass is 9.90. The van der Waals surface area contributed by atoms with E-state index in [2.05, 4.69) is 32.2 Å². The molecule has 0 spiro atoms. The maximum atomic E-state index is 12.5. The highest BCUT2D eigenvalue weighted by molar-refractivity contribution is 7.09. The van der Waals surface area contributed by atoms with Crippen molar-refractivity contribution >= 4 is 23.1 Å². The Balaban J connectivity index is 1.39. The van der Waals surface area contributed by atoms with Gasteiger partial charge in [-0.3, -0.25) is 9.69 Å². The van der Waals surface area contributed by atoms with Gasteiger partial charge >= 0.3 is 0 Å². The number of piperidine rings is 1. The number of aromatic nitrogens is 2. The highest BCUT2D eigenvalue weighted by Gasteiger charge is 2.31. The molecule has 7 nitrogen and oxygen atoms in total. The van der Waals surface area contributed by atoms with E-state index in [-0.39, 0.29) is 17.9 Å². The Bertz CT molecular complexity index is 821. The zero-order valence-electron chi connectivity index (χ0n) is 18.5. The number of rotatable bonds is 7. The molecule has 2 aliphatic heterocycles. The van der Waals surface area contributed by atoms with E-state index in [0.29, 0.717) is 5.92 Å². The molecule has 1 amide bonds. The first-order valence-electron chi connectivity index (χ1n) is 11.3. The Kier molecular flexibility index (Phi) is 7.53. The number of nitrogens with zero attached hydrogens (tertiary/aromatic N) is 4. The van der Waals surface area contributed by atoms with Gasteiger partial charge in [0.2, 0.25) is 5.91 Å². The van der Waals surface area contributed by atoms with Crippen molar-refractivity contribution in [2.45, 2.75) is 39.3 Å². The second-order valence-corrected chi connectivity index (χ2v) is 9.70. The van der Waals surface area contributed by atoms with Gasteiger partial charge in [0.1, 0.15) is 10.8 Å². The predicted octanol–water partition coefficient (Wildman–Crippen LogP) is 3.10. The zero-order valence-corrected chi connectivity index (χ0v) is 19.3. The third kappa shape index (κ3) is 5.81. The van der Waals surface area contributed by atoms with Crippen molar-refractivity contribution in [2.24, 2.45) is 11.8 Å². The van der Waals surface area contributed by atoms with Gasteiger partial charge < -0.3 is 15.0 Å². The molecule has 0 aromatic carbocycles. The van der Waals surface area contributed by atoms with Crippen LogP contribution < -0.4 is 10.2 Å². The maximum absolute atomic E-state index is 12.5. The number of carbonyl (C=O) groups excluding carboxylic acids is 1. The van der Waals surface area contributed by atoms with Crippen LogP contribution in [0.15, 0.2) is 29.9 Å². The average molecular weight is 444 g/mol. The monoisotopic (exact) mass is 443 g/mol. The molecule has 168 valence electrons. The number of carbonyl (C=O) groups is 1. The lowest BCUT2D eigenvalue weighted by Crippen LogP contribution is -2.43. The molecule has 0 aliphatic carbocycles. The maximum Gasteiger partial charge on any atom is 0.223 e. The van der Waals surface area contributed by atoms with E-state index in [0.717, 1.165) is 69.6 Å². The van der Waals surface area contributed by atoms with E-state index in [1.54, 1.807) is 11.3 Å². The fraction of sp³-hybridized carbons (Fsp3) is 0.609. The number of anilines is 1. The van der Waals surface area contributed by atoms with Gasteiger partial charge in [-0.05, 0) is 36.9 Å². The lowest BCUT2D eigenvalue weighted by molar-refractivity contribution is -0.125. The minimum atomic E-state index is -0.0294. The van der Waals surface area contributed by atoms with Crippen molar-refractivity contribution in [1.29, 1.82) is 0 Å². The number of hydrogen-bond acceptors (Lipinski definition) is 7. The quantitative estimate of drug-likeness (QED) is 0.709. The van der Waals surface area contributed by atoms with E-state index in [4.69, 9.17) is 9.72 Å². The highest BCUT2D eigenvalue weighted by Crippen LogP contribution is 2.32. The van der Waals surface area contributed by atoms with Gasteiger partial charge in [-0.2, -0.15) is 0 Å². The summed E-state index contributed by atoms with van der Waals surface area (Å²) in [5.41, 5.74) is 1.23. The van der Waals surface area contributed by atoms with E-state index < -0.39 is 0 Å². The van der Waals surface area contributed by atoms with Gasteiger partial charge in [0, 0.05) is 49.9 Å². The van der Waals surface area contributed by atoms with Crippen LogP contribution >= 0.6 is 11.3 Å². The number of pyridine rings is 1. The molecule has 4 heterocycles. The summed E-state index contributed by atoms with van der Waals surface area (Å²) < 4.78 is 5.43. The zero-order chi connectivity index (χ0) is 21.6. The van der Waals surface area contributed by atoms with Crippen molar-refractivity contribution < 1.29 is 9.53 Å². The predicted molar refractivity (Wildman–Crippen MR) is 123 cm³/mol. The highest BCUT2D eigenvalue weighted by atomic mass is 32.1. The Hall–Kier alpha value is -2.03. The Morgan fingerprint density at radius 1 is 1.26 bits per heavy atom. The number of thiazole rings is 1. The molecule has 8 heteroatoms. The molecular formula is C23H33N5O2S. The largest absolute Gasteiger partial charge is 0.378 e. The topological polar surface area (TPSA) is 70.6 Å². The van der Waals surface area contributed by atoms with Crippen LogP contribution in [0.3, 0.4) is 0 Å². The first-order chi connectivity index (χ1) is 15.1. The van der Waals surface area contributed by atoms with E-state index >= 15 is 0 Å². The number of nitrogens with one attached hydrogen (secondary N) is 1. The normalized spacial score (nSPS) is 21.3. The molecule has 2 fully saturated rings. The Morgan fingerprint density at radius 3 is 2.77 bits per heavy atom. The molecule has 2 aliphatic rings. The minimum Gasteiger partial charge on any atom is -0.378 e. The van der Waals surface area contributed by atoms with Crippen LogP contribution in [-0.2, 0) is 16.1 Å². The van der Waals surface area contributed by atoms with E-state index in [1.807, 2.05) is 31.6 Å². The summed E-state index contributed by atoms with van der Waals surface area (Å²) in [5, 5.41) is 6.27. The molecular weight excluding hydrogens is 410 g/mol. The molecule has 31 heavy (non-hydrogen) atoms. The summed E-state index contributed by atoms with van der Waals surface area (Å²) in [6.07, 6.45) is 6.07. The lowest BCUT2D eigenvalue weighted by Gasteiger charge is -2.37. The average Bonchev–Trinajstić information content (AvgIpc) is 3.33. The first-order valence-corrected chi connectivity index (χ1v) is 12.2. The van der Waals surface area contributed by atoms with Gasteiger partial charge in [-0.1, -0.05) is 19.9 Å². The molecule has 0 saturated carbocycles. The molecule has 0 radical (unpaired) electrons. The van der Waals surface area contributed by atoms with Crippen LogP contribution in [0.1, 0.15) is 43.3 Å². The summed E-state index contributed by atoms with van der Waals surface area (Å²) in [7, 11) is 0. The molecule has 1 N–H and O–H groups in total. The van der Waals surface area contributed by atoms with Gasteiger partial charge in [0.05, 0.1) is 19.3 Å². The van der Waals surface area contributed by atoms with Crippen molar-refractivity contribution in [2.75, 3.05) is 44.3 Å². The smallest absolute Gasteiger partial charge is 0.223 e. The summed E-state index contributed by atoms with van der Waals surface area (Å²) in [6.45, 7) is 10.1. The third-order valence-corrected chi connectivity index (χ3v) is 6.96. The minimum absolute atomic E-state index is 0.0143. The van der Waals surface area contributed by atoms with Gasteiger partial charge in [-0.25, -0.2) is 9.97 Å². The van der Waals surface area contributed by atoms with Crippen LogP contribution in [0.4, 0.5) is 5.82 Å². The third-order valence-electron chi connectivity index (χ3n) is 6.10. The van der Waals surface area contributed by atoms with E-state index in [9.17, 15) is 4.79 Å². The van der Waals surface area contributed by atoms with Crippen molar-refractivity contribution in [3.63, 3.8) is 0 Å². The summed E-state index contributed by atoms with van der Waals surface area (Å²) in [6, 6.07) is 4.31. The fourth-order valence-corrected chi connectivity index (χ4v) is 5.12. The Morgan fingerprint density at radius 2 is 2.10 bits per heavy atom. The number of morpholine rings is 1. The van der Waals surface area contributed by atoms with Crippen LogP contribution in [0.25, 0.3) is 0 Å². The molecule has 0 bridgehead atoms. The summed E-state index contributed by atoms with van der Waals surface area (Å²) in [5.74, 6) is 1.46. The number of ether oxygens (including phenoxy) is 1. The summed E-state index contributed by atoms with van der Waals surface area (Å²) in [4.78, 5) is 26.5. The number of likely N-dealkylation sites (tertiary alicyclic amines) is 1. The Labute approximate surface area is 188 Å². The molecule has 0 unspecified atom stereocenters. The number of amides is 1. The summed E-state index contributed by atoms with van der Waals surface area (Å²) >= 11 is 1.63. The molecule has 2 saturated heterocycles. The second kappa shape index (κ2) is 10.5. The van der Waals surface area contributed by atoms with Crippen molar-refractivity contribution in [3.8, 4) is 0 Å². The molecule has 2 aromatic heterocycles. The van der Waals surface area contributed by atoms with Crippen LogP contribution in [-0.4, -0.2) is 60.2 Å². The standard InChI is InChI=1S/C23H33N5O2S/c1-17(2)22(29)26-21(23-24-7-13-31-23)19-4-3-8-27(16-19)15-18-5-6-20(25-14-18)28-9-11-30-12-10-28/h5-7,13-14,17,19,21H,3-4,8-12,15-16H2,1-2H3,(H,26,29)/t19-,21-/m0/s1. The SMILES string of the molecule is CC(C)C(=O)N[C@H](c1nccs1)[C@H]1CCCN(Cc2ccc(N3CCOCC3)nc2)C1. The molecule has 4 rings (SSSR count).